The van der Waals surface area contributed by atoms with Crippen LogP contribution in [0.5, 0.6) is 5.75 Å². The van der Waals surface area contributed by atoms with Gasteiger partial charge in [-0.3, -0.25) is 4.90 Å². The molecule has 3 rings (SSSR count). The van der Waals surface area contributed by atoms with Crippen molar-refractivity contribution in [3.05, 3.63) is 52.0 Å². The van der Waals surface area contributed by atoms with Gasteiger partial charge in [-0.1, -0.05) is 16.8 Å². The van der Waals surface area contributed by atoms with Crippen LogP contribution in [0.2, 0.25) is 5.02 Å². The summed E-state index contributed by atoms with van der Waals surface area (Å²) < 4.78 is 11.0. The number of ether oxygens (including phenoxy) is 1. The van der Waals surface area contributed by atoms with Crippen LogP contribution in [0.25, 0.3) is 11.4 Å². The molecule has 0 spiro atoms. The van der Waals surface area contributed by atoms with E-state index >= 15 is 0 Å². The SMILES string of the molecule is CN(CCCOc1ccc(Cl)cc1)Cc1nc(-c2ccsc2)no1. The fourth-order valence-electron chi connectivity index (χ4n) is 2.19. The second kappa shape index (κ2) is 8.28. The number of halogens is 1. The zero-order valence-corrected chi connectivity index (χ0v) is 14.9. The van der Waals surface area contributed by atoms with Crippen LogP contribution < -0.4 is 4.74 Å². The second-order valence-corrected chi connectivity index (χ2v) is 6.63. The lowest BCUT2D eigenvalue weighted by atomic mass is 10.3. The molecule has 5 nitrogen and oxygen atoms in total. The number of hydrogen-bond donors (Lipinski definition) is 0. The van der Waals surface area contributed by atoms with Gasteiger partial charge in [0.05, 0.1) is 13.2 Å². The minimum atomic E-state index is 0.623. The molecule has 2 aromatic heterocycles. The van der Waals surface area contributed by atoms with Gasteiger partial charge in [-0.25, -0.2) is 0 Å². The van der Waals surface area contributed by atoms with Crippen LogP contribution in [0.1, 0.15) is 12.3 Å². The van der Waals surface area contributed by atoms with Crippen LogP contribution in [-0.4, -0.2) is 35.2 Å². The van der Waals surface area contributed by atoms with Crippen molar-refractivity contribution in [1.29, 1.82) is 0 Å². The fourth-order valence-corrected chi connectivity index (χ4v) is 2.95. The molecule has 126 valence electrons. The highest BCUT2D eigenvalue weighted by molar-refractivity contribution is 7.08. The maximum atomic E-state index is 5.84. The molecule has 0 bridgehead atoms. The van der Waals surface area contributed by atoms with Gasteiger partial charge in [-0.05, 0) is 49.2 Å². The summed E-state index contributed by atoms with van der Waals surface area (Å²) in [5, 5.41) is 8.73. The van der Waals surface area contributed by atoms with Crippen molar-refractivity contribution >= 4 is 22.9 Å². The zero-order chi connectivity index (χ0) is 16.8. The third-order valence-corrected chi connectivity index (χ3v) is 4.35. The number of hydrogen-bond acceptors (Lipinski definition) is 6. The number of nitrogens with zero attached hydrogens (tertiary/aromatic N) is 3. The standard InChI is InChI=1S/C17H18ClN3O2S/c1-21(8-2-9-22-15-5-3-14(18)4-6-15)11-16-19-17(20-23-16)13-7-10-24-12-13/h3-7,10,12H,2,8-9,11H2,1H3. The summed E-state index contributed by atoms with van der Waals surface area (Å²) in [6.07, 6.45) is 0.907. The Morgan fingerprint density at radius 1 is 1.25 bits per heavy atom. The number of thiophene rings is 1. The average Bonchev–Trinajstić information content (AvgIpc) is 3.24. The summed E-state index contributed by atoms with van der Waals surface area (Å²) in [5.74, 6) is 2.10. The number of benzene rings is 1. The fraction of sp³-hybridized carbons (Fsp3) is 0.294. The summed E-state index contributed by atoms with van der Waals surface area (Å²) in [4.78, 5) is 6.56. The van der Waals surface area contributed by atoms with Crippen molar-refractivity contribution in [3.8, 4) is 17.1 Å². The van der Waals surface area contributed by atoms with Crippen LogP contribution in [-0.2, 0) is 6.54 Å². The first-order chi connectivity index (χ1) is 11.7. The third kappa shape index (κ3) is 4.80. The Bertz CT molecular complexity index is 744. The highest BCUT2D eigenvalue weighted by Crippen LogP contribution is 2.19. The Labute approximate surface area is 149 Å². The minimum absolute atomic E-state index is 0.623. The van der Waals surface area contributed by atoms with Crippen molar-refractivity contribution in [2.45, 2.75) is 13.0 Å². The predicted molar refractivity (Wildman–Crippen MR) is 95.5 cm³/mol. The van der Waals surface area contributed by atoms with Gasteiger partial charge in [0.1, 0.15) is 5.75 Å². The molecule has 24 heavy (non-hydrogen) atoms. The molecule has 0 atom stereocenters. The Morgan fingerprint density at radius 2 is 2.08 bits per heavy atom. The molecule has 0 aliphatic rings. The molecule has 0 unspecified atom stereocenters. The van der Waals surface area contributed by atoms with Gasteiger partial charge in [0.15, 0.2) is 0 Å². The molecule has 0 saturated heterocycles. The van der Waals surface area contributed by atoms with Gasteiger partial charge in [-0.15, -0.1) is 0 Å². The molecule has 0 aliphatic carbocycles. The van der Waals surface area contributed by atoms with Gasteiger partial charge in [0.25, 0.3) is 0 Å². The molecule has 1 aromatic carbocycles. The van der Waals surface area contributed by atoms with Crippen molar-refractivity contribution in [3.63, 3.8) is 0 Å². The molecule has 0 aliphatic heterocycles. The zero-order valence-electron chi connectivity index (χ0n) is 13.3. The Hall–Kier alpha value is -1.89. The summed E-state index contributed by atoms with van der Waals surface area (Å²) in [5.41, 5.74) is 0.994. The number of rotatable bonds is 8. The summed E-state index contributed by atoms with van der Waals surface area (Å²) in [6, 6.07) is 9.37. The summed E-state index contributed by atoms with van der Waals surface area (Å²) in [7, 11) is 2.02. The molecule has 7 heteroatoms. The monoisotopic (exact) mass is 363 g/mol. The third-order valence-electron chi connectivity index (χ3n) is 3.42. The maximum absolute atomic E-state index is 5.84. The molecule has 0 N–H and O–H groups in total. The first-order valence-electron chi connectivity index (χ1n) is 7.63. The van der Waals surface area contributed by atoms with E-state index in [-0.39, 0.29) is 0 Å². The van der Waals surface area contributed by atoms with Gasteiger partial charge in [0.2, 0.25) is 11.7 Å². The van der Waals surface area contributed by atoms with E-state index in [0.717, 1.165) is 24.3 Å². The van der Waals surface area contributed by atoms with E-state index in [1.54, 1.807) is 11.3 Å². The highest BCUT2D eigenvalue weighted by atomic mass is 35.5. The van der Waals surface area contributed by atoms with E-state index in [1.165, 1.54) is 0 Å². The maximum Gasteiger partial charge on any atom is 0.241 e. The van der Waals surface area contributed by atoms with Crippen LogP contribution in [0.3, 0.4) is 0 Å². The van der Waals surface area contributed by atoms with Crippen molar-refractivity contribution in [1.82, 2.24) is 15.0 Å². The molecule has 0 fully saturated rings. The molecule has 0 saturated carbocycles. The highest BCUT2D eigenvalue weighted by Gasteiger charge is 2.10. The Balaban J connectivity index is 1.39. The van der Waals surface area contributed by atoms with E-state index in [4.69, 9.17) is 20.9 Å². The van der Waals surface area contributed by atoms with E-state index in [0.29, 0.717) is 29.9 Å². The van der Waals surface area contributed by atoms with E-state index < -0.39 is 0 Å². The van der Waals surface area contributed by atoms with Crippen LogP contribution >= 0.6 is 22.9 Å². The first kappa shape index (κ1) is 17.0. The van der Waals surface area contributed by atoms with Crippen LogP contribution in [0.4, 0.5) is 0 Å². The van der Waals surface area contributed by atoms with E-state index in [1.807, 2.05) is 48.1 Å². The molecule has 2 heterocycles. The average molecular weight is 364 g/mol. The lowest BCUT2D eigenvalue weighted by Gasteiger charge is -2.14. The van der Waals surface area contributed by atoms with E-state index in [9.17, 15) is 0 Å². The topological polar surface area (TPSA) is 51.4 Å². The first-order valence-corrected chi connectivity index (χ1v) is 8.95. The lowest BCUT2D eigenvalue weighted by molar-refractivity contribution is 0.235. The normalized spacial score (nSPS) is 11.1. The molecule has 0 radical (unpaired) electrons. The largest absolute Gasteiger partial charge is 0.494 e. The van der Waals surface area contributed by atoms with Gasteiger partial charge in [0, 0.05) is 22.5 Å². The van der Waals surface area contributed by atoms with Crippen molar-refractivity contribution < 1.29 is 9.26 Å². The molecule has 3 aromatic rings. The van der Waals surface area contributed by atoms with E-state index in [2.05, 4.69) is 15.0 Å². The molecular weight excluding hydrogens is 346 g/mol. The van der Waals surface area contributed by atoms with Crippen molar-refractivity contribution in [2.24, 2.45) is 0 Å². The summed E-state index contributed by atoms with van der Waals surface area (Å²) >= 11 is 7.46. The predicted octanol–water partition coefficient (Wildman–Crippen LogP) is 4.35. The minimum Gasteiger partial charge on any atom is -0.494 e. The second-order valence-electron chi connectivity index (χ2n) is 5.42. The van der Waals surface area contributed by atoms with Crippen LogP contribution in [0, 0.1) is 0 Å². The smallest absolute Gasteiger partial charge is 0.241 e. The van der Waals surface area contributed by atoms with Crippen molar-refractivity contribution in [2.75, 3.05) is 20.2 Å². The van der Waals surface area contributed by atoms with Crippen LogP contribution in [0.15, 0.2) is 45.6 Å². The quantitative estimate of drug-likeness (QED) is 0.557. The van der Waals surface area contributed by atoms with Gasteiger partial charge < -0.3 is 9.26 Å². The van der Waals surface area contributed by atoms with Gasteiger partial charge in [-0.2, -0.15) is 16.3 Å². The lowest BCUT2D eigenvalue weighted by Crippen LogP contribution is -2.21. The Kier molecular flexibility index (Phi) is 5.85. The Morgan fingerprint density at radius 3 is 2.83 bits per heavy atom. The molecule has 0 amide bonds. The summed E-state index contributed by atoms with van der Waals surface area (Å²) in [6.45, 7) is 2.15. The van der Waals surface area contributed by atoms with Gasteiger partial charge >= 0.3 is 0 Å². The molecular formula is C17H18ClN3O2S. The number of aromatic nitrogens is 2.